The van der Waals surface area contributed by atoms with Gasteiger partial charge in [0.25, 0.3) is 0 Å². The van der Waals surface area contributed by atoms with E-state index in [2.05, 4.69) is 15.0 Å². The summed E-state index contributed by atoms with van der Waals surface area (Å²) in [6.45, 7) is 0. The number of nitrogens with two attached hydrogens (primary N) is 1. The van der Waals surface area contributed by atoms with Crippen LogP contribution in [0.4, 0.5) is 4.79 Å². The van der Waals surface area contributed by atoms with E-state index in [1.165, 1.54) is 0 Å². The predicted octanol–water partition coefficient (Wildman–Crippen LogP) is 3.75. The first-order chi connectivity index (χ1) is 12.2. The molecule has 0 radical (unpaired) electrons. The van der Waals surface area contributed by atoms with Crippen LogP contribution >= 0.6 is 0 Å². The molecule has 1 amide bonds. The fourth-order valence-corrected chi connectivity index (χ4v) is 2.64. The highest BCUT2D eigenvalue weighted by molar-refractivity contribution is 5.82. The molecular weight excluding hydrogens is 316 g/mol. The second-order valence-corrected chi connectivity index (χ2v) is 5.48. The number of hydrogen-bond donors (Lipinski definition) is 2. The molecule has 2 heterocycles. The zero-order valence-corrected chi connectivity index (χ0v) is 13.1. The summed E-state index contributed by atoms with van der Waals surface area (Å²) in [5.41, 5.74) is 9.49. The first kappa shape index (κ1) is 14.9. The average Bonchev–Trinajstić information content (AvgIpc) is 3.05. The molecule has 0 bridgehead atoms. The number of ether oxygens (including phenoxy) is 1. The van der Waals surface area contributed by atoms with Crippen LogP contribution in [0.1, 0.15) is 0 Å². The van der Waals surface area contributed by atoms with Crippen molar-refractivity contribution >= 4 is 17.1 Å². The van der Waals surface area contributed by atoms with Gasteiger partial charge in [0, 0.05) is 23.4 Å². The normalized spacial score (nSPS) is 10.7. The molecule has 0 spiro atoms. The number of carbonyl (C=O) groups excluding carboxylic acids is 1. The van der Waals surface area contributed by atoms with Crippen molar-refractivity contribution in [3.63, 3.8) is 0 Å². The number of nitrogens with zero attached hydrogens (tertiary/aromatic N) is 2. The number of aromatic nitrogens is 3. The summed E-state index contributed by atoms with van der Waals surface area (Å²) in [4.78, 5) is 23.0. The van der Waals surface area contributed by atoms with Gasteiger partial charge in [-0.3, -0.25) is 4.98 Å². The number of nitrogens with one attached hydrogen (secondary N) is 1. The molecule has 4 aromatic rings. The molecule has 0 aliphatic heterocycles. The number of fused-ring (bicyclic) bond motifs is 1. The van der Waals surface area contributed by atoms with E-state index in [1.807, 2.05) is 42.5 Å². The van der Waals surface area contributed by atoms with Crippen LogP contribution in [0.25, 0.3) is 33.7 Å². The maximum atomic E-state index is 10.8. The van der Waals surface area contributed by atoms with Crippen LogP contribution in [0.3, 0.4) is 0 Å². The SMILES string of the molecule is NC(=O)Oc1ccc2nc(-c3ccc(-c4ccccn4)cc3)[nH]c2c1. The minimum absolute atomic E-state index is 0.376. The van der Waals surface area contributed by atoms with Crippen molar-refractivity contribution in [2.75, 3.05) is 0 Å². The quantitative estimate of drug-likeness (QED) is 0.598. The van der Waals surface area contributed by atoms with Gasteiger partial charge < -0.3 is 15.5 Å². The lowest BCUT2D eigenvalue weighted by Gasteiger charge is -2.01. The van der Waals surface area contributed by atoms with Gasteiger partial charge in [0.05, 0.1) is 16.7 Å². The number of benzene rings is 2. The number of carbonyl (C=O) groups is 1. The van der Waals surface area contributed by atoms with Crippen LogP contribution in [0, 0.1) is 0 Å². The lowest BCUT2D eigenvalue weighted by molar-refractivity contribution is 0.211. The molecule has 0 aliphatic rings. The Morgan fingerprint density at radius 2 is 1.80 bits per heavy atom. The molecule has 3 N–H and O–H groups in total. The third-order valence-electron chi connectivity index (χ3n) is 3.79. The Bertz CT molecular complexity index is 1040. The number of imidazole rings is 1. The first-order valence-electron chi connectivity index (χ1n) is 7.68. The molecule has 0 atom stereocenters. The summed E-state index contributed by atoms with van der Waals surface area (Å²) < 4.78 is 4.89. The van der Waals surface area contributed by atoms with E-state index in [9.17, 15) is 4.79 Å². The van der Waals surface area contributed by atoms with E-state index >= 15 is 0 Å². The molecule has 6 nitrogen and oxygen atoms in total. The van der Waals surface area contributed by atoms with E-state index < -0.39 is 6.09 Å². The fourth-order valence-electron chi connectivity index (χ4n) is 2.64. The van der Waals surface area contributed by atoms with Gasteiger partial charge in [0.15, 0.2) is 0 Å². The van der Waals surface area contributed by atoms with Gasteiger partial charge in [0.1, 0.15) is 11.6 Å². The molecular formula is C19H14N4O2. The highest BCUT2D eigenvalue weighted by Gasteiger charge is 2.08. The maximum absolute atomic E-state index is 10.8. The molecule has 0 saturated carbocycles. The minimum Gasteiger partial charge on any atom is -0.410 e. The van der Waals surface area contributed by atoms with E-state index in [-0.39, 0.29) is 0 Å². The van der Waals surface area contributed by atoms with E-state index in [0.29, 0.717) is 5.75 Å². The topological polar surface area (TPSA) is 93.9 Å². The van der Waals surface area contributed by atoms with Gasteiger partial charge in [-0.25, -0.2) is 9.78 Å². The molecule has 25 heavy (non-hydrogen) atoms. The van der Waals surface area contributed by atoms with Gasteiger partial charge >= 0.3 is 6.09 Å². The van der Waals surface area contributed by atoms with Gasteiger partial charge in [-0.15, -0.1) is 0 Å². The Hall–Kier alpha value is -3.67. The number of primary amides is 1. The van der Waals surface area contributed by atoms with Crippen molar-refractivity contribution < 1.29 is 9.53 Å². The zero-order valence-electron chi connectivity index (χ0n) is 13.1. The molecule has 122 valence electrons. The molecule has 0 saturated heterocycles. The zero-order chi connectivity index (χ0) is 17.2. The van der Waals surface area contributed by atoms with Crippen LogP contribution in [0.5, 0.6) is 5.75 Å². The largest absolute Gasteiger partial charge is 0.410 e. The number of pyridine rings is 1. The highest BCUT2D eigenvalue weighted by atomic mass is 16.5. The lowest BCUT2D eigenvalue weighted by atomic mass is 10.1. The molecule has 0 unspecified atom stereocenters. The number of rotatable bonds is 3. The Morgan fingerprint density at radius 3 is 2.52 bits per heavy atom. The number of aromatic amines is 1. The monoisotopic (exact) mass is 330 g/mol. The van der Waals surface area contributed by atoms with Gasteiger partial charge in [-0.2, -0.15) is 0 Å². The molecule has 2 aromatic heterocycles. The summed E-state index contributed by atoms with van der Waals surface area (Å²) in [5, 5.41) is 0. The van der Waals surface area contributed by atoms with Crippen molar-refractivity contribution in [1.82, 2.24) is 15.0 Å². The molecule has 0 aliphatic carbocycles. The van der Waals surface area contributed by atoms with Crippen molar-refractivity contribution in [1.29, 1.82) is 0 Å². The number of hydrogen-bond acceptors (Lipinski definition) is 4. The third-order valence-corrected chi connectivity index (χ3v) is 3.79. The Balaban J connectivity index is 1.66. The van der Waals surface area contributed by atoms with Gasteiger partial charge in [-0.1, -0.05) is 30.3 Å². The highest BCUT2D eigenvalue weighted by Crippen LogP contribution is 2.25. The van der Waals surface area contributed by atoms with Crippen molar-refractivity contribution in [2.45, 2.75) is 0 Å². The van der Waals surface area contributed by atoms with Crippen molar-refractivity contribution in [3.8, 4) is 28.4 Å². The van der Waals surface area contributed by atoms with Crippen molar-refractivity contribution in [2.24, 2.45) is 5.73 Å². The summed E-state index contributed by atoms with van der Waals surface area (Å²) >= 11 is 0. The number of H-pyrrole nitrogens is 1. The van der Waals surface area contributed by atoms with Gasteiger partial charge in [-0.05, 0) is 24.3 Å². The van der Waals surface area contributed by atoms with E-state index in [4.69, 9.17) is 10.5 Å². The van der Waals surface area contributed by atoms with Crippen LogP contribution in [0.2, 0.25) is 0 Å². The smallest absolute Gasteiger partial charge is 0.409 e. The van der Waals surface area contributed by atoms with Crippen molar-refractivity contribution in [3.05, 3.63) is 66.9 Å². The summed E-state index contributed by atoms with van der Waals surface area (Å²) in [5.74, 6) is 1.11. The molecule has 6 heteroatoms. The molecule has 0 fully saturated rings. The summed E-state index contributed by atoms with van der Waals surface area (Å²) in [6.07, 6.45) is 0.929. The minimum atomic E-state index is -0.843. The van der Waals surface area contributed by atoms with E-state index in [0.717, 1.165) is 33.7 Å². The standard InChI is InChI=1S/C19H14N4O2/c20-19(24)25-14-8-9-16-17(11-14)23-18(22-16)13-6-4-12(5-7-13)15-3-1-2-10-21-15/h1-11H,(H2,20,24)(H,22,23). The van der Waals surface area contributed by atoms with Crippen LogP contribution in [-0.2, 0) is 0 Å². The molecule has 2 aromatic carbocycles. The third kappa shape index (κ3) is 3.05. The lowest BCUT2D eigenvalue weighted by Crippen LogP contribution is -2.16. The first-order valence-corrected chi connectivity index (χ1v) is 7.68. The average molecular weight is 330 g/mol. The Kier molecular flexibility index (Phi) is 3.63. The van der Waals surface area contributed by atoms with Crippen LogP contribution in [-0.4, -0.2) is 21.0 Å². The number of amides is 1. The summed E-state index contributed by atoms with van der Waals surface area (Å²) in [6, 6.07) is 18.9. The second kappa shape index (κ2) is 6.09. The Labute approximate surface area is 143 Å². The molecule has 4 rings (SSSR count). The second-order valence-electron chi connectivity index (χ2n) is 5.48. The summed E-state index contributed by atoms with van der Waals surface area (Å²) in [7, 11) is 0. The Morgan fingerprint density at radius 1 is 1.00 bits per heavy atom. The van der Waals surface area contributed by atoms with E-state index in [1.54, 1.807) is 24.4 Å². The maximum Gasteiger partial charge on any atom is 0.409 e. The fraction of sp³-hybridized carbons (Fsp3) is 0. The van der Waals surface area contributed by atoms with Crippen LogP contribution in [0.15, 0.2) is 66.9 Å². The van der Waals surface area contributed by atoms with Crippen LogP contribution < -0.4 is 10.5 Å². The predicted molar refractivity (Wildman–Crippen MR) is 95.0 cm³/mol. The van der Waals surface area contributed by atoms with Gasteiger partial charge in [0.2, 0.25) is 0 Å².